The first-order valence-corrected chi connectivity index (χ1v) is 7.30. The molecule has 0 aliphatic heterocycles. The van der Waals surface area contributed by atoms with E-state index in [4.69, 9.17) is 0 Å². The molecule has 0 spiro atoms. The van der Waals surface area contributed by atoms with Crippen molar-refractivity contribution in [3.63, 3.8) is 0 Å². The Morgan fingerprint density at radius 2 is 2.11 bits per heavy atom. The van der Waals surface area contributed by atoms with Crippen LogP contribution in [0.4, 0.5) is 5.82 Å². The molecular weight excluding hydrogens is 268 g/mol. The zero-order valence-electron chi connectivity index (χ0n) is 11.2. The van der Waals surface area contributed by atoms with Gasteiger partial charge in [0.2, 0.25) is 10.0 Å². The van der Waals surface area contributed by atoms with Crippen molar-refractivity contribution in [2.45, 2.75) is 0 Å². The number of hydrogen-bond donors (Lipinski definition) is 2. The molecule has 0 saturated heterocycles. The van der Waals surface area contributed by atoms with Gasteiger partial charge in [0.15, 0.2) is 0 Å². The highest BCUT2D eigenvalue weighted by atomic mass is 32.2. The lowest BCUT2D eigenvalue weighted by atomic mass is 10.2. The van der Waals surface area contributed by atoms with Crippen LogP contribution in [0.5, 0.6) is 0 Å². The van der Waals surface area contributed by atoms with E-state index in [2.05, 4.69) is 15.6 Å². The monoisotopic (exact) mass is 286 g/mol. The van der Waals surface area contributed by atoms with Gasteiger partial charge >= 0.3 is 0 Å². The van der Waals surface area contributed by atoms with E-state index in [0.717, 1.165) is 4.31 Å². The number of aromatic nitrogens is 1. The van der Waals surface area contributed by atoms with Crippen LogP contribution in [0.2, 0.25) is 0 Å². The SMILES string of the molecule is CNc1cc(C(=O)NCCS(=O)(=O)N(C)C)ccn1. The van der Waals surface area contributed by atoms with Crippen LogP contribution in [0.15, 0.2) is 18.3 Å². The second-order valence-corrected chi connectivity index (χ2v) is 6.34. The molecule has 8 heteroatoms. The van der Waals surface area contributed by atoms with E-state index in [0.29, 0.717) is 11.4 Å². The summed E-state index contributed by atoms with van der Waals surface area (Å²) < 4.78 is 24.1. The number of nitrogens with one attached hydrogen (secondary N) is 2. The smallest absolute Gasteiger partial charge is 0.251 e. The zero-order chi connectivity index (χ0) is 14.5. The molecule has 0 aromatic carbocycles. The summed E-state index contributed by atoms with van der Waals surface area (Å²) in [5.74, 6) is 0.122. The third-order valence-corrected chi connectivity index (χ3v) is 4.31. The average Bonchev–Trinajstić information content (AvgIpc) is 2.38. The molecule has 0 fully saturated rings. The number of anilines is 1. The van der Waals surface area contributed by atoms with Gasteiger partial charge in [0.05, 0.1) is 5.75 Å². The first kappa shape index (κ1) is 15.4. The van der Waals surface area contributed by atoms with Crippen molar-refractivity contribution in [3.8, 4) is 0 Å². The van der Waals surface area contributed by atoms with E-state index >= 15 is 0 Å². The lowest BCUT2D eigenvalue weighted by Gasteiger charge is -2.11. The largest absolute Gasteiger partial charge is 0.373 e. The van der Waals surface area contributed by atoms with Gasteiger partial charge in [0.1, 0.15) is 5.82 Å². The van der Waals surface area contributed by atoms with E-state index in [1.807, 2.05) is 0 Å². The number of carbonyl (C=O) groups excluding carboxylic acids is 1. The van der Waals surface area contributed by atoms with Gasteiger partial charge in [-0.1, -0.05) is 0 Å². The predicted molar refractivity (Wildman–Crippen MR) is 73.6 cm³/mol. The molecule has 19 heavy (non-hydrogen) atoms. The molecule has 0 unspecified atom stereocenters. The number of carbonyl (C=O) groups is 1. The van der Waals surface area contributed by atoms with E-state index in [9.17, 15) is 13.2 Å². The molecule has 0 atom stereocenters. The Hall–Kier alpha value is -1.67. The maximum Gasteiger partial charge on any atom is 0.251 e. The molecule has 106 valence electrons. The van der Waals surface area contributed by atoms with Crippen molar-refractivity contribution in [2.24, 2.45) is 0 Å². The van der Waals surface area contributed by atoms with Crippen LogP contribution in [-0.4, -0.2) is 57.1 Å². The minimum atomic E-state index is -3.29. The van der Waals surface area contributed by atoms with Crippen molar-refractivity contribution in [1.29, 1.82) is 0 Å². The second kappa shape index (κ2) is 6.48. The molecule has 1 aromatic rings. The van der Waals surface area contributed by atoms with Crippen molar-refractivity contribution in [2.75, 3.05) is 38.8 Å². The number of pyridine rings is 1. The van der Waals surface area contributed by atoms with E-state index in [-0.39, 0.29) is 18.2 Å². The first-order chi connectivity index (χ1) is 8.86. The van der Waals surface area contributed by atoms with Gasteiger partial charge in [-0.2, -0.15) is 0 Å². The molecule has 0 saturated carbocycles. The number of rotatable bonds is 6. The molecule has 1 amide bonds. The van der Waals surface area contributed by atoms with Gasteiger partial charge < -0.3 is 10.6 Å². The molecule has 0 bridgehead atoms. The van der Waals surface area contributed by atoms with Crippen molar-refractivity contribution in [1.82, 2.24) is 14.6 Å². The van der Waals surface area contributed by atoms with Gasteiger partial charge in [0.25, 0.3) is 5.91 Å². The minimum absolute atomic E-state index is 0.0660. The minimum Gasteiger partial charge on any atom is -0.373 e. The van der Waals surface area contributed by atoms with Crippen molar-refractivity contribution >= 4 is 21.7 Å². The maximum atomic E-state index is 11.8. The molecule has 1 rings (SSSR count). The number of sulfonamides is 1. The highest BCUT2D eigenvalue weighted by Gasteiger charge is 2.14. The van der Waals surface area contributed by atoms with Gasteiger partial charge in [-0.05, 0) is 12.1 Å². The van der Waals surface area contributed by atoms with Gasteiger partial charge in [0, 0.05) is 39.4 Å². The fraction of sp³-hybridized carbons (Fsp3) is 0.455. The number of hydrogen-bond acceptors (Lipinski definition) is 5. The van der Waals surface area contributed by atoms with Crippen LogP contribution in [0.25, 0.3) is 0 Å². The van der Waals surface area contributed by atoms with E-state index in [1.165, 1.54) is 20.3 Å². The van der Waals surface area contributed by atoms with Gasteiger partial charge in [-0.3, -0.25) is 4.79 Å². The summed E-state index contributed by atoms with van der Waals surface area (Å²) in [5.41, 5.74) is 0.432. The highest BCUT2D eigenvalue weighted by molar-refractivity contribution is 7.89. The Morgan fingerprint density at radius 3 is 2.68 bits per heavy atom. The Morgan fingerprint density at radius 1 is 1.42 bits per heavy atom. The third-order valence-electron chi connectivity index (χ3n) is 2.48. The van der Waals surface area contributed by atoms with Crippen LogP contribution in [0, 0.1) is 0 Å². The molecule has 1 heterocycles. The Kier molecular flexibility index (Phi) is 5.25. The lowest BCUT2D eigenvalue weighted by molar-refractivity contribution is 0.0956. The number of nitrogens with zero attached hydrogens (tertiary/aromatic N) is 2. The quantitative estimate of drug-likeness (QED) is 0.752. The predicted octanol–water partition coefficient (Wildman–Crippen LogP) is -0.255. The summed E-state index contributed by atoms with van der Waals surface area (Å²) in [6.45, 7) is 0.0660. The van der Waals surface area contributed by atoms with Gasteiger partial charge in [-0.25, -0.2) is 17.7 Å². The fourth-order valence-electron chi connectivity index (χ4n) is 1.29. The molecule has 2 N–H and O–H groups in total. The van der Waals surface area contributed by atoms with Crippen LogP contribution >= 0.6 is 0 Å². The lowest BCUT2D eigenvalue weighted by Crippen LogP contribution is -2.33. The highest BCUT2D eigenvalue weighted by Crippen LogP contribution is 2.05. The zero-order valence-corrected chi connectivity index (χ0v) is 12.0. The summed E-state index contributed by atoms with van der Waals surface area (Å²) in [6.07, 6.45) is 1.51. The molecule has 0 aliphatic rings. The van der Waals surface area contributed by atoms with Gasteiger partial charge in [-0.15, -0.1) is 0 Å². The standard InChI is InChI=1S/C11H18N4O3S/c1-12-10-8-9(4-5-13-10)11(16)14-6-7-19(17,18)15(2)3/h4-5,8H,6-7H2,1-3H3,(H,12,13)(H,14,16). The van der Waals surface area contributed by atoms with Crippen LogP contribution in [-0.2, 0) is 10.0 Å². The molecule has 7 nitrogen and oxygen atoms in total. The Labute approximate surface area is 113 Å². The summed E-state index contributed by atoms with van der Waals surface area (Å²) >= 11 is 0. The normalized spacial score (nSPS) is 11.4. The summed E-state index contributed by atoms with van der Waals surface area (Å²) in [6, 6.07) is 3.16. The molecular formula is C11H18N4O3S. The second-order valence-electron chi connectivity index (χ2n) is 4.03. The van der Waals surface area contributed by atoms with Crippen LogP contribution < -0.4 is 10.6 Å². The maximum absolute atomic E-state index is 11.8. The van der Waals surface area contributed by atoms with E-state index in [1.54, 1.807) is 19.2 Å². The average molecular weight is 286 g/mol. The molecule has 0 radical (unpaired) electrons. The first-order valence-electron chi connectivity index (χ1n) is 5.69. The van der Waals surface area contributed by atoms with Crippen molar-refractivity contribution in [3.05, 3.63) is 23.9 Å². The fourth-order valence-corrected chi connectivity index (χ4v) is 2.01. The summed E-state index contributed by atoms with van der Waals surface area (Å²) in [4.78, 5) is 15.8. The van der Waals surface area contributed by atoms with Crippen LogP contribution in [0.3, 0.4) is 0 Å². The topological polar surface area (TPSA) is 91.4 Å². The molecule has 0 aliphatic carbocycles. The Balaban J connectivity index is 2.56. The van der Waals surface area contributed by atoms with Crippen molar-refractivity contribution < 1.29 is 13.2 Å². The third kappa shape index (κ3) is 4.49. The Bertz CT molecular complexity index is 543. The molecule has 1 aromatic heterocycles. The summed E-state index contributed by atoms with van der Waals surface area (Å²) in [5, 5.41) is 5.38. The van der Waals surface area contributed by atoms with Crippen LogP contribution in [0.1, 0.15) is 10.4 Å². The summed E-state index contributed by atoms with van der Waals surface area (Å²) in [7, 11) is 1.32. The van der Waals surface area contributed by atoms with E-state index < -0.39 is 10.0 Å². The number of amides is 1.